The zero-order valence-corrected chi connectivity index (χ0v) is 34.6. The molecule has 1 aromatic carbocycles. The van der Waals surface area contributed by atoms with E-state index >= 15 is 0 Å². The van der Waals surface area contributed by atoms with Gasteiger partial charge < -0.3 is 73.6 Å². The highest BCUT2D eigenvalue weighted by atomic mass is 16.4. The van der Waals surface area contributed by atoms with Gasteiger partial charge in [0.05, 0.1) is 32.0 Å². The lowest BCUT2D eigenvalue weighted by Gasteiger charge is -2.28. The van der Waals surface area contributed by atoms with Crippen LogP contribution in [0.4, 0.5) is 0 Å². The molecule has 7 amide bonds. The summed E-state index contributed by atoms with van der Waals surface area (Å²) in [5.74, 6) is -10.8. The quantitative estimate of drug-likeness (QED) is 0.0393. The number of aliphatic carboxylic acids is 2. The summed E-state index contributed by atoms with van der Waals surface area (Å²) in [6.07, 6.45) is -2.76. The van der Waals surface area contributed by atoms with Crippen molar-refractivity contribution in [1.82, 2.24) is 37.2 Å². The van der Waals surface area contributed by atoms with Crippen molar-refractivity contribution in [3.63, 3.8) is 0 Å². The summed E-state index contributed by atoms with van der Waals surface area (Å²) in [4.78, 5) is 115. The van der Waals surface area contributed by atoms with Crippen molar-refractivity contribution in [2.75, 3.05) is 19.8 Å². The number of hydrogen-bond acceptors (Lipinski definition) is 14. The Labute approximate surface area is 352 Å². The van der Waals surface area contributed by atoms with Crippen LogP contribution in [0.1, 0.15) is 59.4 Å². The largest absolute Gasteiger partial charge is 0.481 e. The number of nitrogens with one attached hydrogen (secondary N) is 7. The van der Waals surface area contributed by atoms with Crippen molar-refractivity contribution in [2.45, 2.75) is 115 Å². The van der Waals surface area contributed by atoms with Crippen LogP contribution in [0.25, 0.3) is 0 Å². The summed E-state index contributed by atoms with van der Waals surface area (Å²) in [6.45, 7) is 4.83. The third-order valence-electron chi connectivity index (χ3n) is 9.00. The second-order valence-electron chi connectivity index (χ2n) is 15.0. The van der Waals surface area contributed by atoms with Gasteiger partial charge in [0.1, 0.15) is 36.3 Å². The zero-order valence-electron chi connectivity index (χ0n) is 34.6. The van der Waals surface area contributed by atoms with E-state index in [2.05, 4.69) is 26.6 Å². The minimum atomic E-state index is -1.83. The van der Waals surface area contributed by atoms with E-state index < -0.39 is 146 Å². The minimum Gasteiger partial charge on any atom is -0.481 e. The molecular formula is C38H60N8O15. The fourth-order valence-electron chi connectivity index (χ4n) is 5.58. The molecule has 15 N–H and O–H groups in total. The average Bonchev–Trinajstić information content (AvgIpc) is 3.19. The van der Waals surface area contributed by atoms with Crippen molar-refractivity contribution >= 4 is 53.3 Å². The van der Waals surface area contributed by atoms with Gasteiger partial charge in [-0.3, -0.25) is 38.4 Å². The standard InChI is InChI=1S/C38H60N8O15/c1-18(2)13-22(39)31(53)45-29(19(3)4)37(59)44-26(16-48)34(56)40-23(11-12-28(51)52)32(54)41-24(14-21-9-7-6-8-10-21)33(55)42-25(15-47)35(57)43-27(17-49)36(58)46-30(20(5)50)38(60)61/h6-10,18-20,22-27,29-30,47-50H,11-17,39H2,1-5H3,(H,40,56)(H,41,54)(H,42,55)(H,43,57)(H,44,59)(H,45,53)(H,46,58)(H,51,52)(H,60,61)/t20-,22+,23+,24+,25+,26+,27+,29+,30+/m1/s1. The van der Waals surface area contributed by atoms with Crippen LogP contribution < -0.4 is 43.0 Å². The number of hydrogen-bond donors (Lipinski definition) is 14. The maximum atomic E-state index is 13.8. The van der Waals surface area contributed by atoms with Gasteiger partial charge in [0.2, 0.25) is 41.4 Å². The molecule has 0 spiro atoms. The van der Waals surface area contributed by atoms with E-state index in [4.69, 9.17) is 5.73 Å². The van der Waals surface area contributed by atoms with Crippen LogP contribution in [0.5, 0.6) is 0 Å². The van der Waals surface area contributed by atoms with Crippen molar-refractivity contribution in [3.8, 4) is 0 Å². The Balaban J connectivity index is 3.32. The van der Waals surface area contributed by atoms with E-state index in [0.29, 0.717) is 12.0 Å². The smallest absolute Gasteiger partial charge is 0.328 e. The number of nitrogens with two attached hydrogens (primary N) is 1. The second kappa shape index (κ2) is 26.5. The van der Waals surface area contributed by atoms with Gasteiger partial charge in [-0.15, -0.1) is 0 Å². The topological polar surface area (TPSA) is 385 Å². The Morgan fingerprint density at radius 3 is 1.39 bits per heavy atom. The molecule has 0 aromatic heterocycles. The van der Waals surface area contributed by atoms with Crippen molar-refractivity contribution < 1.29 is 73.8 Å². The van der Waals surface area contributed by atoms with E-state index in [1.807, 2.05) is 24.5 Å². The lowest BCUT2D eigenvalue weighted by Crippen LogP contribution is -2.62. The summed E-state index contributed by atoms with van der Waals surface area (Å²) < 4.78 is 0. The first-order chi connectivity index (χ1) is 28.6. The molecule has 0 saturated carbocycles. The molecule has 1 rings (SSSR count). The first-order valence-corrected chi connectivity index (χ1v) is 19.4. The van der Waals surface area contributed by atoms with Crippen molar-refractivity contribution in [2.24, 2.45) is 17.6 Å². The summed E-state index contributed by atoms with van der Waals surface area (Å²) in [5.41, 5.74) is 6.41. The van der Waals surface area contributed by atoms with Crippen molar-refractivity contribution in [1.29, 1.82) is 0 Å². The number of carbonyl (C=O) groups excluding carboxylic acids is 7. The number of carboxylic acids is 2. The maximum Gasteiger partial charge on any atom is 0.328 e. The van der Waals surface area contributed by atoms with Crippen LogP contribution in [0.15, 0.2) is 30.3 Å². The Morgan fingerprint density at radius 2 is 0.967 bits per heavy atom. The van der Waals surface area contributed by atoms with E-state index in [9.17, 15) is 73.8 Å². The van der Waals surface area contributed by atoms with Crippen LogP contribution in [-0.2, 0) is 49.6 Å². The first kappa shape index (κ1) is 53.3. The van der Waals surface area contributed by atoms with Crippen LogP contribution >= 0.6 is 0 Å². The number of benzene rings is 1. The third-order valence-corrected chi connectivity index (χ3v) is 9.00. The molecule has 0 radical (unpaired) electrons. The average molecular weight is 869 g/mol. The number of rotatable bonds is 27. The number of amides is 7. The molecule has 0 fully saturated rings. The van der Waals surface area contributed by atoms with Gasteiger partial charge in [0, 0.05) is 12.8 Å². The molecule has 9 atom stereocenters. The lowest BCUT2D eigenvalue weighted by atomic mass is 10.00. The third kappa shape index (κ3) is 18.6. The van der Waals surface area contributed by atoms with E-state index in [1.54, 1.807) is 44.2 Å². The Bertz CT molecular complexity index is 1660. The highest BCUT2D eigenvalue weighted by molar-refractivity contribution is 5.98. The molecule has 0 unspecified atom stereocenters. The van der Waals surface area contributed by atoms with Crippen LogP contribution in [0.2, 0.25) is 0 Å². The highest BCUT2D eigenvalue weighted by Crippen LogP contribution is 2.09. The van der Waals surface area contributed by atoms with Gasteiger partial charge in [-0.25, -0.2) is 4.79 Å². The SMILES string of the molecule is CC(C)C[C@H](N)C(=O)N[C@H](C(=O)N[C@@H](CO)C(=O)N[C@@H](CCC(=O)O)C(=O)N[C@@H](Cc1ccccc1)C(=O)N[C@@H](CO)C(=O)N[C@@H](CO)C(=O)N[C@H](C(=O)O)[C@@H](C)O)C(C)C. The summed E-state index contributed by atoms with van der Waals surface area (Å²) in [5, 5.41) is 73.8. The normalized spacial score (nSPS) is 15.6. The van der Waals surface area contributed by atoms with Gasteiger partial charge in [0.25, 0.3) is 0 Å². The molecule has 0 saturated heterocycles. The number of aliphatic hydroxyl groups is 4. The van der Waals surface area contributed by atoms with E-state index in [0.717, 1.165) is 6.92 Å². The number of carbonyl (C=O) groups is 9. The minimum absolute atomic E-state index is 0.0697. The summed E-state index contributed by atoms with van der Waals surface area (Å²) in [7, 11) is 0. The molecule has 0 heterocycles. The molecule has 23 nitrogen and oxygen atoms in total. The molecule has 23 heteroatoms. The molecule has 0 aliphatic rings. The molecule has 0 aliphatic carbocycles. The maximum absolute atomic E-state index is 13.8. The molecule has 0 bridgehead atoms. The fourth-order valence-corrected chi connectivity index (χ4v) is 5.58. The van der Waals surface area contributed by atoms with Gasteiger partial charge >= 0.3 is 11.9 Å². The summed E-state index contributed by atoms with van der Waals surface area (Å²) >= 11 is 0. The Kier molecular flexibility index (Phi) is 23.1. The van der Waals surface area contributed by atoms with Gasteiger partial charge in [-0.1, -0.05) is 58.0 Å². The number of aliphatic hydroxyl groups excluding tert-OH is 4. The first-order valence-electron chi connectivity index (χ1n) is 19.4. The molecule has 61 heavy (non-hydrogen) atoms. The summed E-state index contributed by atoms with van der Waals surface area (Å²) in [6, 6.07) is -4.58. The van der Waals surface area contributed by atoms with Gasteiger partial charge in [0.15, 0.2) is 6.04 Å². The van der Waals surface area contributed by atoms with E-state index in [-0.39, 0.29) is 12.3 Å². The monoisotopic (exact) mass is 868 g/mol. The fraction of sp³-hybridized carbons (Fsp3) is 0.605. The van der Waals surface area contributed by atoms with Crippen LogP contribution in [0.3, 0.4) is 0 Å². The van der Waals surface area contributed by atoms with Gasteiger partial charge in [-0.05, 0) is 37.2 Å². The Morgan fingerprint density at radius 1 is 0.557 bits per heavy atom. The lowest BCUT2D eigenvalue weighted by molar-refractivity contribution is -0.145. The molecule has 342 valence electrons. The second-order valence-corrected chi connectivity index (χ2v) is 15.0. The Hall–Kier alpha value is -5.75. The highest BCUT2D eigenvalue weighted by Gasteiger charge is 2.35. The van der Waals surface area contributed by atoms with Crippen LogP contribution in [0, 0.1) is 11.8 Å². The predicted molar refractivity (Wildman–Crippen MR) is 213 cm³/mol. The van der Waals surface area contributed by atoms with E-state index in [1.165, 1.54) is 0 Å². The zero-order chi connectivity index (χ0) is 46.6. The van der Waals surface area contributed by atoms with Gasteiger partial charge in [-0.2, -0.15) is 0 Å². The molecule has 1 aromatic rings. The van der Waals surface area contributed by atoms with Crippen molar-refractivity contribution in [3.05, 3.63) is 35.9 Å². The molecule has 0 aliphatic heterocycles. The molecular weight excluding hydrogens is 808 g/mol. The van der Waals surface area contributed by atoms with Crippen LogP contribution in [-0.4, -0.2) is 158 Å². The number of carboxylic acid groups (broad SMARTS) is 2. The predicted octanol–water partition coefficient (Wildman–Crippen LogP) is -5.04.